The van der Waals surface area contributed by atoms with E-state index in [1.807, 2.05) is 74.5 Å². The van der Waals surface area contributed by atoms with Crippen molar-refractivity contribution in [3.8, 4) is 22.4 Å². The van der Waals surface area contributed by atoms with Crippen LogP contribution in [0.15, 0.2) is 84.9 Å². The Morgan fingerprint density at radius 2 is 1.42 bits per heavy atom. The van der Waals surface area contributed by atoms with Gasteiger partial charge in [-0.05, 0) is 71.7 Å². The van der Waals surface area contributed by atoms with Gasteiger partial charge in [-0.3, -0.25) is 4.79 Å². The van der Waals surface area contributed by atoms with E-state index in [9.17, 15) is 29.3 Å². The van der Waals surface area contributed by atoms with Crippen LogP contribution < -0.4 is 5.32 Å². The van der Waals surface area contributed by atoms with Gasteiger partial charge in [-0.15, -0.1) is 0 Å². The third-order valence-corrected chi connectivity index (χ3v) is 8.26. The molecule has 0 saturated carbocycles. The van der Waals surface area contributed by atoms with Crippen LogP contribution in [-0.4, -0.2) is 37.6 Å². The van der Waals surface area contributed by atoms with Crippen molar-refractivity contribution in [3.05, 3.63) is 102 Å². The fourth-order valence-electron chi connectivity index (χ4n) is 6.21. The topological polar surface area (TPSA) is 112 Å². The van der Waals surface area contributed by atoms with E-state index >= 15 is 0 Å². The standard InChI is InChI=1S/C37H43FN2O5/c1-24(2)32-31(34(41)39-28-16-10-7-11-17-28)30(25-14-8-6-9-15-25)33(26-19-21-27(38)22-20-26)40(32)23-13-12-18-29(36(3,4)5)37(44,45)35(42)43/h6-11,14-17,19-22,24,29,44-45H,12-13,18,23H2,1-5H3,(H,39,41)(H,42,43). The van der Waals surface area contributed by atoms with Crippen molar-refractivity contribution >= 4 is 17.6 Å². The van der Waals surface area contributed by atoms with Crippen LogP contribution >= 0.6 is 0 Å². The molecule has 0 saturated heterocycles. The smallest absolute Gasteiger partial charge is 0.364 e. The van der Waals surface area contributed by atoms with Crippen LogP contribution in [0.2, 0.25) is 0 Å². The normalized spacial score (nSPS) is 12.7. The number of rotatable bonds is 12. The first-order valence-corrected chi connectivity index (χ1v) is 15.4. The molecule has 4 N–H and O–H groups in total. The molecule has 0 radical (unpaired) electrons. The Morgan fingerprint density at radius 1 is 0.844 bits per heavy atom. The highest BCUT2D eigenvalue weighted by molar-refractivity contribution is 6.12. The van der Waals surface area contributed by atoms with E-state index in [-0.39, 0.29) is 24.1 Å². The van der Waals surface area contributed by atoms with Gasteiger partial charge >= 0.3 is 5.97 Å². The summed E-state index contributed by atoms with van der Waals surface area (Å²) in [6.45, 7) is 9.90. The minimum absolute atomic E-state index is 0.0740. The van der Waals surface area contributed by atoms with Gasteiger partial charge in [0.15, 0.2) is 0 Å². The lowest BCUT2D eigenvalue weighted by atomic mass is 9.73. The number of carbonyl (C=O) groups excluding carboxylic acids is 1. The monoisotopic (exact) mass is 614 g/mol. The Bertz CT molecular complexity index is 1600. The number of carboxylic acid groups (broad SMARTS) is 1. The predicted octanol–water partition coefficient (Wildman–Crippen LogP) is 7.94. The Hall–Kier alpha value is -4.27. The quantitative estimate of drug-likeness (QED) is 0.0956. The van der Waals surface area contributed by atoms with Gasteiger partial charge in [0.2, 0.25) is 0 Å². The van der Waals surface area contributed by atoms with Crippen LogP contribution in [0.25, 0.3) is 22.4 Å². The number of unbranched alkanes of at least 4 members (excludes halogenated alkanes) is 1. The maximum absolute atomic E-state index is 14.2. The van der Waals surface area contributed by atoms with Crippen LogP contribution in [-0.2, 0) is 11.3 Å². The van der Waals surface area contributed by atoms with Crippen LogP contribution in [0.1, 0.15) is 75.9 Å². The van der Waals surface area contributed by atoms with E-state index < -0.39 is 23.1 Å². The first-order valence-electron chi connectivity index (χ1n) is 15.4. The van der Waals surface area contributed by atoms with E-state index in [0.29, 0.717) is 30.6 Å². The number of benzene rings is 3. The molecule has 4 rings (SSSR count). The predicted molar refractivity (Wildman–Crippen MR) is 175 cm³/mol. The lowest BCUT2D eigenvalue weighted by molar-refractivity contribution is -0.236. The Kier molecular flexibility index (Phi) is 10.3. The van der Waals surface area contributed by atoms with Gasteiger partial charge < -0.3 is 25.2 Å². The molecule has 1 atom stereocenters. The zero-order valence-corrected chi connectivity index (χ0v) is 26.5. The molecule has 0 bridgehead atoms. The van der Waals surface area contributed by atoms with Gasteiger partial charge in [0.1, 0.15) is 5.82 Å². The molecule has 1 unspecified atom stereocenters. The molecule has 0 fully saturated rings. The molecule has 1 heterocycles. The second-order valence-corrected chi connectivity index (χ2v) is 12.9. The fourth-order valence-corrected chi connectivity index (χ4v) is 6.21. The number of carboxylic acids is 1. The Labute approximate surface area is 264 Å². The first-order chi connectivity index (χ1) is 21.2. The van der Waals surface area contributed by atoms with Gasteiger partial charge in [0.25, 0.3) is 11.7 Å². The molecule has 45 heavy (non-hydrogen) atoms. The zero-order valence-electron chi connectivity index (χ0n) is 26.5. The van der Waals surface area contributed by atoms with E-state index in [1.165, 1.54) is 12.1 Å². The molecular weight excluding hydrogens is 571 g/mol. The molecule has 7 nitrogen and oxygen atoms in total. The van der Waals surface area contributed by atoms with Gasteiger partial charge in [0.05, 0.1) is 11.3 Å². The van der Waals surface area contributed by atoms with Crippen molar-refractivity contribution in [1.82, 2.24) is 4.57 Å². The summed E-state index contributed by atoms with van der Waals surface area (Å²) in [5, 5.41) is 33.5. The third-order valence-electron chi connectivity index (χ3n) is 8.26. The van der Waals surface area contributed by atoms with E-state index in [1.54, 1.807) is 32.9 Å². The highest BCUT2D eigenvalue weighted by atomic mass is 19.1. The zero-order chi connectivity index (χ0) is 32.9. The van der Waals surface area contributed by atoms with Gasteiger partial charge in [0, 0.05) is 29.4 Å². The maximum atomic E-state index is 14.2. The summed E-state index contributed by atoms with van der Waals surface area (Å²) in [6, 6.07) is 25.2. The Balaban J connectivity index is 1.85. The second-order valence-electron chi connectivity index (χ2n) is 12.9. The molecule has 0 aliphatic rings. The largest absolute Gasteiger partial charge is 0.477 e. The number of amides is 1. The second kappa shape index (κ2) is 13.8. The molecule has 0 aliphatic carbocycles. The molecule has 0 spiro atoms. The minimum atomic E-state index is -2.86. The number of para-hydroxylation sites is 1. The average molecular weight is 615 g/mol. The molecule has 1 amide bonds. The molecule has 0 aliphatic heterocycles. The summed E-state index contributed by atoms with van der Waals surface area (Å²) in [4.78, 5) is 25.9. The van der Waals surface area contributed by atoms with Crippen LogP contribution in [0.3, 0.4) is 0 Å². The van der Waals surface area contributed by atoms with Crippen LogP contribution in [0, 0.1) is 17.2 Å². The number of hydrogen-bond acceptors (Lipinski definition) is 4. The van der Waals surface area contributed by atoms with Crippen molar-refractivity contribution in [2.75, 3.05) is 5.32 Å². The SMILES string of the molecule is CC(C)c1c(C(=O)Nc2ccccc2)c(-c2ccccc2)c(-c2ccc(F)cc2)n1CCCCC(C(C)(C)C)C(O)(O)C(=O)O. The van der Waals surface area contributed by atoms with Gasteiger partial charge in [-0.2, -0.15) is 0 Å². The number of nitrogens with one attached hydrogen (secondary N) is 1. The third kappa shape index (κ3) is 7.52. The molecule has 4 aromatic rings. The lowest BCUT2D eigenvalue weighted by Crippen LogP contribution is -2.50. The number of aromatic nitrogens is 1. The summed E-state index contributed by atoms with van der Waals surface area (Å²) < 4.78 is 16.2. The summed E-state index contributed by atoms with van der Waals surface area (Å²) in [6.07, 6.45) is 1.33. The van der Waals surface area contributed by atoms with E-state index in [4.69, 9.17) is 0 Å². The summed E-state index contributed by atoms with van der Waals surface area (Å²) >= 11 is 0. The van der Waals surface area contributed by atoms with Crippen LogP contribution in [0.4, 0.5) is 10.1 Å². The average Bonchev–Trinajstić information content (AvgIpc) is 3.33. The fraction of sp³-hybridized carbons (Fsp3) is 0.351. The van der Waals surface area contributed by atoms with Gasteiger partial charge in [-0.25, -0.2) is 9.18 Å². The maximum Gasteiger partial charge on any atom is 0.364 e. The first kappa shape index (κ1) is 33.6. The number of halogens is 1. The summed E-state index contributed by atoms with van der Waals surface area (Å²) in [5.41, 5.74) is 4.44. The van der Waals surface area contributed by atoms with E-state index in [0.717, 1.165) is 28.1 Å². The Morgan fingerprint density at radius 3 is 1.96 bits per heavy atom. The minimum Gasteiger partial charge on any atom is -0.477 e. The molecule has 1 aromatic heterocycles. The lowest BCUT2D eigenvalue weighted by Gasteiger charge is -2.37. The number of aliphatic hydroxyl groups is 2. The van der Waals surface area contributed by atoms with Crippen molar-refractivity contribution in [1.29, 1.82) is 0 Å². The number of carbonyl (C=O) groups is 2. The molecule has 3 aromatic carbocycles. The van der Waals surface area contributed by atoms with Crippen molar-refractivity contribution < 1.29 is 29.3 Å². The van der Waals surface area contributed by atoms with Crippen molar-refractivity contribution in [2.24, 2.45) is 11.3 Å². The molecule has 8 heteroatoms. The number of anilines is 1. The highest BCUT2D eigenvalue weighted by Gasteiger charge is 2.47. The molecular formula is C37H43FN2O5. The molecule has 238 valence electrons. The number of nitrogens with zero attached hydrogens (tertiary/aromatic N) is 1. The summed E-state index contributed by atoms with van der Waals surface area (Å²) in [7, 11) is 0. The number of aliphatic carboxylic acids is 1. The highest BCUT2D eigenvalue weighted by Crippen LogP contribution is 2.43. The van der Waals surface area contributed by atoms with Gasteiger partial charge in [-0.1, -0.05) is 89.6 Å². The van der Waals surface area contributed by atoms with Crippen LogP contribution in [0.5, 0.6) is 0 Å². The van der Waals surface area contributed by atoms with Crippen molar-refractivity contribution in [3.63, 3.8) is 0 Å². The van der Waals surface area contributed by atoms with E-state index in [2.05, 4.69) is 9.88 Å². The summed E-state index contributed by atoms with van der Waals surface area (Å²) in [5.74, 6) is -6.15. The number of hydrogen-bond donors (Lipinski definition) is 4. The van der Waals surface area contributed by atoms with Crippen molar-refractivity contribution in [2.45, 2.75) is 72.1 Å².